The summed E-state index contributed by atoms with van der Waals surface area (Å²) >= 11 is 0. The van der Waals surface area contributed by atoms with Crippen molar-refractivity contribution < 1.29 is 23.9 Å². The van der Waals surface area contributed by atoms with E-state index in [0.717, 1.165) is 10.5 Å². The van der Waals surface area contributed by atoms with Gasteiger partial charge < -0.3 is 20.1 Å². The molecular weight excluding hydrogens is 374 g/mol. The van der Waals surface area contributed by atoms with E-state index in [2.05, 4.69) is 10.6 Å². The Hall–Kier alpha value is -3.55. The molecule has 1 heterocycles. The number of carbonyl (C=O) groups is 3. The molecule has 2 N–H and O–H groups in total. The van der Waals surface area contributed by atoms with Gasteiger partial charge in [0.2, 0.25) is 5.91 Å². The molecule has 152 valence electrons. The minimum absolute atomic E-state index is 0.396. The predicted molar refractivity (Wildman–Crippen MR) is 107 cm³/mol. The van der Waals surface area contributed by atoms with Gasteiger partial charge in [0.25, 0.3) is 5.91 Å². The number of imide groups is 1. The lowest BCUT2D eigenvalue weighted by molar-refractivity contribution is -0.133. The molecular formula is C21H23N3O5. The summed E-state index contributed by atoms with van der Waals surface area (Å²) in [6, 6.07) is 11.5. The Balaban J connectivity index is 1.76. The summed E-state index contributed by atoms with van der Waals surface area (Å²) in [6.07, 6.45) is 0. The number of aryl methyl sites for hydroxylation is 1. The number of methoxy groups -OCH3 is 2. The summed E-state index contributed by atoms with van der Waals surface area (Å²) in [5.41, 5.74) is 0.701. The Morgan fingerprint density at radius 2 is 1.90 bits per heavy atom. The second-order valence-electron chi connectivity index (χ2n) is 6.91. The third-order valence-corrected chi connectivity index (χ3v) is 4.90. The molecule has 0 saturated carbocycles. The van der Waals surface area contributed by atoms with Crippen LogP contribution in [0.25, 0.3) is 0 Å². The van der Waals surface area contributed by atoms with Gasteiger partial charge in [0.1, 0.15) is 23.6 Å². The minimum Gasteiger partial charge on any atom is -0.497 e. The second kappa shape index (κ2) is 7.83. The van der Waals surface area contributed by atoms with Crippen LogP contribution >= 0.6 is 0 Å². The number of urea groups is 1. The van der Waals surface area contributed by atoms with Gasteiger partial charge in [0.15, 0.2) is 0 Å². The number of carbonyl (C=O) groups excluding carboxylic acids is 3. The van der Waals surface area contributed by atoms with Crippen LogP contribution in [0.15, 0.2) is 42.5 Å². The number of hydrogen-bond acceptors (Lipinski definition) is 5. The standard InChI is InChI=1S/C21H23N3O5/c1-13-10-14(8-9-17(13)29-4)21(2)19(26)24(20(27)23-21)12-18(25)22-15-6-5-7-16(11-15)28-3/h5-11H,12H2,1-4H3,(H,22,25)(H,23,27). The van der Waals surface area contributed by atoms with Gasteiger partial charge in [0.05, 0.1) is 14.2 Å². The zero-order chi connectivity index (χ0) is 21.2. The van der Waals surface area contributed by atoms with Gasteiger partial charge in [-0.15, -0.1) is 0 Å². The molecule has 1 aliphatic rings. The van der Waals surface area contributed by atoms with Crippen LogP contribution in [0, 0.1) is 6.92 Å². The topological polar surface area (TPSA) is 97.0 Å². The first-order valence-corrected chi connectivity index (χ1v) is 9.01. The lowest BCUT2D eigenvalue weighted by Gasteiger charge is -2.23. The maximum absolute atomic E-state index is 13.0. The fourth-order valence-corrected chi connectivity index (χ4v) is 3.27. The molecule has 1 saturated heterocycles. The molecule has 0 spiro atoms. The van der Waals surface area contributed by atoms with Crippen molar-refractivity contribution >= 4 is 23.5 Å². The second-order valence-corrected chi connectivity index (χ2v) is 6.91. The highest BCUT2D eigenvalue weighted by atomic mass is 16.5. The number of anilines is 1. The molecule has 3 rings (SSSR count). The van der Waals surface area contributed by atoms with E-state index < -0.39 is 29.9 Å². The van der Waals surface area contributed by atoms with Crippen LogP contribution in [0.4, 0.5) is 10.5 Å². The van der Waals surface area contributed by atoms with Gasteiger partial charge in [-0.25, -0.2) is 4.79 Å². The van der Waals surface area contributed by atoms with Crippen molar-refractivity contribution in [2.75, 3.05) is 26.1 Å². The normalized spacial score (nSPS) is 18.4. The fraction of sp³-hybridized carbons (Fsp3) is 0.286. The Kier molecular flexibility index (Phi) is 5.45. The zero-order valence-electron chi connectivity index (χ0n) is 16.7. The molecule has 0 aliphatic carbocycles. The Bertz CT molecular complexity index is 975. The van der Waals surface area contributed by atoms with Crippen LogP contribution < -0.4 is 20.1 Å². The number of amides is 4. The SMILES string of the molecule is COc1cccc(NC(=O)CN2C(=O)NC(C)(c3ccc(OC)c(C)c3)C2=O)c1. The largest absolute Gasteiger partial charge is 0.497 e. The number of rotatable bonds is 6. The van der Waals surface area contributed by atoms with Crippen molar-refractivity contribution in [3.8, 4) is 11.5 Å². The highest BCUT2D eigenvalue weighted by molar-refractivity contribution is 6.10. The summed E-state index contributed by atoms with van der Waals surface area (Å²) < 4.78 is 10.4. The third kappa shape index (κ3) is 3.87. The number of ether oxygens (including phenoxy) is 2. The van der Waals surface area contributed by atoms with Gasteiger partial charge in [-0.2, -0.15) is 0 Å². The molecule has 8 heteroatoms. The van der Waals surface area contributed by atoms with Crippen LogP contribution in [0.1, 0.15) is 18.1 Å². The molecule has 0 aromatic heterocycles. The van der Waals surface area contributed by atoms with Gasteiger partial charge >= 0.3 is 6.03 Å². The monoisotopic (exact) mass is 397 g/mol. The summed E-state index contributed by atoms with van der Waals surface area (Å²) in [7, 11) is 3.09. The zero-order valence-corrected chi connectivity index (χ0v) is 16.7. The third-order valence-electron chi connectivity index (χ3n) is 4.90. The van der Waals surface area contributed by atoms with Gasteiger partial charge in [-0.05, 0) is 49.2 Å². The quantitative estimate of drug-likeness (QED) is 0.730. The molecule has 0 bridgehead atoms. The molecule has 1 atom stereocenters. The van der Waals surface area contributed by atoms with E-state index in [1.165, 1.54) is 7.11 Å². The molecule has 1 unspecified atom stereocenters. The van der Waals surface area contributed by atoms with E-state index in [1.807, 2.05) is 6.92 Å². The first kappa shape index (κ1) is 20.2. The summed E-state index contributed by atoms with van der Waals surface area (Å²) in [6.45, 7) is 3.08. The maximum atomic E-state index is 13.0. The number of nitrogens with zero attached hydrogens (tertiary/aromatic N) is 1. The van der Waals surface area contributed by atoms with Crippen molar-refractivity contribution in [3.05, 3.63) is 53.6 Å². The van der Waals surface area contributed by atoms with E-state index in [4.69, 9.17) is 9.47 Å². The summed E-state index contributed by atoms with van der Waals surface area (Å²) in [5.74, 6) is 0.286. The van der Waals surface area contributed by atoms with Crippen LogP contribution in [0.3, 0.4) is 0 Å². The maximum Gasteiger partial charge on any atom is 0.325 e. The predicted octanol–water partition coefficient (Wildman–Crippen LogP) is 2.42. The van der Waals surface area contributed by atoms with Crippen LogP contribution in [-0.4, -0.2) is 43.5 Å². The number of nitrogens with one attached hydrogen (secondary N) is 2. The first-order valence-electron chi connectivity index (χ1n) is 9.01. The van der Waals surface area contributed by atoms with Gasteiger partial charge in [-0.1, -0.05) is 12.1 Å². The first-order chi connectivity index (χ1) is 13.8. The average molecular weight is 397 g/mol. The molecule has 2 aromatic rings. The Labute approximate surface area is 168 Å². The fourth-order valence-electron chi connectivity index (χ4n) is 3.27. The van der Waals surface area contributed by atoms with E-state index in [1.54, 1.807) is 56.5 Å². The van der Waals surface area contributed by atoms with Crippen LogP contribution in [0.5, 0.6) is 11.5 Å². The lowest BCUT2D eigenvalue weighted by Crippen LogP contribution is -2.42. The van der Waals surface area contributed by atoms with Crippen molar-refractivity contribution in [3.63, 3.8) is 0 Å². The Morgan fingerprint density at radius 1 is 1.14 bits per heavy atom. The summed E-state index contributed by atoms with van der Waals surface area (Å²) in [4.78, 5) is 38.8. The minimum atomic E-state index is -1.26. The van der Waals surface area contributed by atoms with Crippen molar-refractivity contribution in [2.24, 2.45) is 0 Å². The molecule has 4 amide bonds. The lowest BCUT2D eigenvalue weighted by atomic mass is 9.90. The molecule has 1 aliphatic heterocycles. The molecule has 2 aromatic carbocycles. The average Bonchev–Trinajstić information content (AvgIpc) is 2.92. The molecule has 1 fully saturated rings. The highest BCUT2D eigenvalue weighted by Gasteiger charge is 2.49. The van der Waals surface area contributed by atoms with E-state index in [0.29, 0.717) is 22.7 Å². The van der Waals surface area contributed by atoms with E-state index >= 15 is 0 Å². The smallest absolute Gasteiger partial charge is 0.325 e. The summed E-state index contributed by atoms with van der Waals surface area (Å²) in [5, 5.41) is 5.36. The van der Waals surface area contributed by atoms with Gasteiger partial charge in [0, 0.05) is 11.8 Å². The van der Waals surface area contributed by atoms with Crippen molar-refractivity contribution in [2.45, 2.75) is 19.4 Å². The molecule has 0 radical (unpaired) electrons. The van der Waals surface area contributed by atoms with E-state index in [-0.39, 0.29) is 0 Å². The van der Waals surface area contributed by atoms with Crippen molar-refractivity contribution in [1.29, 1.82) is 0 Å². The van der Waals surface area contributed by atoms with Crippen LogP contribution in [0.2, 0.25) is 0 Å². The Morgan fingerprint density at radius 3 is 2.55 bits per heavy atom. The van der Waals surface area contributed by atoms with Crippen LogP contribution in [-0.2, 0) is 15.1 Å². The van der Waals surface area contributed by atoms with Gasteiger partial charge in [-0.3, -0.25) is 14.5 Å². The molecule has 29 heavy (non-hydrogen) atoms. The van der Waals surface area contributed by atoms with E-state index in [9.17, 15) is 14.4 Å². The highest BCUT2D eigenvalue weighted by Crippen LogP contribution is 2.31. The number of benzene rings is 2. The molecule has 8 nitrogen and oxygen atoms in total. The number of hydrogen-bond donors (Lipinski definition) is 2. The van der Waals surface area contributed by atoms with Crippen molar-refractivity contribution in [1.82, 2.24) is 10.2 Å².